The SMILES string of the molecule is CC/C=C\C/C=C\C/C=C\C/C=C\C/C=C\CCCCSCC(=O)CCCOC(=O)c1ccccc1O. The molecule has 0 heterocycles. The van der Waals surface area contributed by atoms with Crippen LogP contribution in [0.5, 0.6) is 5.75 Å². The number of carbonyl (C=O) groups excluding carboxylic acids is 2. The Bertz CT molecular complexity index is 896. The van der Waals surface area contributed by atoms with Gasteiger partial charge in [-0.3, -0.25) is 4.79 Å². The molecule has 0 saturated carbocycles. The molecule has 1 aromatic carbocycles. The van der Waals surface area contributed by atoms with E-state index in [1.807, 2.05) is 0 Å². The number of aromatic hydroxyl groups is 1. The molecule has 0 aromatic heterocycles. The van der Waals surface area contributed by atoms with Crippen molar-refractivity contribution in [3.8, 4) is 5.75 Å². The summed E-state index contributed by atoms with van der Waals surface area (Å²) >= 11 is 1.67. The molecule has 0 bridgehead atoms. The molecule has 0 fully saturated rings. The van der Waals surface area contributed by atoms with E-state index in [-0.39, 0.29) is 23.7 Å². The quantitative estimate of drug-likeness (QED) is 0.0991. The molecule has 4 nitrogen and oxygen atoms in total. The Labute approximate surface area is 228 Å². The van der Waals surface area contributed by atoms with E-state index < -0.39 is 5.97 Å². The van der Waals surface area contributed by atoms with Crippen LogP contribution in [0.1, 0.15) is 81.5 Å². The van der Waals surface area contributed by atoms with Crippen LogP contribution in [0.2, 0.25) is 0 Å². The Hall–Kier alpha value is -2.79. The molecule has 0 amide bonds. The number of thioether (sulfide) groups is 1. The molecule has 5 heteroatoms. The summed E-state index contributed by atoms with van der Waals surface area (Å²) in [6.45, 7) is 2.33. The van der Waals surface area contributed by atoms with Gasteiger partial charge in [0.05, 0.1) is 12.4 Å². The van der Waals surface area contributed by atoms with Crippen molar-refractivity contribution in [1.82, 2.24) is 0 Å². The van der Waals surface area contributed by atoms with Gasteiger partial charge in [-0.25, -0.2) is 4.79 Å². The fourth-order valence-corrected chi connectivity index (χ4v) is 4.18. The van der Waals surface area contributed by atoms with Crippen LogP contribution in [0.4, 0.5) is 0 Å². The Morgan fingerprint density at radius 2 is 1.41 bits per heavy atom. The van der Waals surface area contributed by atoms with Crippen LogP contribution in [-0.4, -0.2) is 35.0 Å². The summed E-state index contributed by atoms with van der Waals surface area (Å²) in [7, 11) is 0. The minimum atomic E-state index is -0.563. The highest BCUT2D eigenvalue weighted by Crippen LogP contribution is 2.16. The minimum Gasteiger partial charge on any atom is -0.507 e. The summed E-state index contributed by atoms with van der Waals surface area (Å²) in [4.78, 5) is 23.9. The fourth-order valence-electron chi connectivity index (χ4n) is 3.25. The molecule has 0 radical (unpaired) electrons. The van der Waals surface area contributed by atoms with Crippen LogP contribution in [0.25, 0.3) is 0 Å². The summed E-state index contributed by atoms with van der Waals surface area (Å²) in [5.41, 5.74) is 0.147. The number of phenolic OH excluding ortho intramolecular Hbond substituents is 1. The van der Waals surface area contributed by atoms with Crippen molar-refractivity contribution in [3.63, 3.8) is 0 Å². The first-order valence-corrected chi connectivity index (χ1v) is 14.6. The maximum atomic E-state index is 12.0. The molecule has 1 rings (SSSR count). The predicted octanol–water partition coefficient (Wildman–Crippen LogP) is 8.55. The van der Waals surface area contributed by atoms with E-state index in [2.05, 4.69) is 67.7 Å². The summed E-state index contributed by atoms with van der Waals surface area (Å²) in [6.07, 6.45) is 31.4. The van der Waals surface area contributed by atoms with E-state index >= 15 is 0 Å². The van der Waals surface area contributed by atoms with Gasteiger partial charge in [0.25, 0.3) is 0 Å². The molecule has 0 spiro atoms. The first-order valence-electron chi connectivity index (χ1n) is 13.4. The fraction of sp³-hybridized carbons (Fsp3) is 0.438. The highest BCUT2D eigenvalue weighted by Gasteiger charge is 2.11. The number of carbonyl (C=O) groups is 2. The maximum Gasteiger partial charge on any atom is 0.341 e. The summed E-state index contributed by atoms with van der Waals surface area (Å²) in [6, 6.07) is 6.27. The molecule has 0 saturated heterocycles. The molecule has 0 atom stereocenters. The summed E-state index contributed by atoms with van der Waals surface area (Å²) in [5, 5.41) is 9.65. The molecule has 0 aliphatic heterocycles. The lowest BCUT2D eigenvalue weighted by atomic mass is 10.2. The van der Waals surface area contributed by atoms with Crippen LogP contribution in [0, 0.1) is 0 Å². The van der Waals surface area contributed by atoms with Gasteiger partial charge >= 0.3 is 5.97 Å². The lowest BCUT2D eigenvalue weighted by molar-refractivity contribution is -0.116. The molecule has 1 N–H and O–H groups in total. The van der Waals surface area contributed by atoms with E-state index in [0.717, 1.165) is 57.1 Å². The number of benzene rings is 1. The zero-order valence-electron chi connectivity index (χ0n) is 22.4. The van der Waals surface area contributed by atoms with Crippen LogP contribution < -0.4 is 0 Å². The first-order chi connectivity index (χ1) is 18.1. The number of esters is 1. The third kappa shape index (κ3) is 19.0. The Morgan fingerprint density at radius 1 is 0.811 bits per heavy atom. The second kappa shape index (κ2) is 23.6. The van der Waals surface area contributed by atoms with Crippen molar-refractivity contribution in [2.24, 2.45) is 0 Å². The molecule has 37 heavy (non-hydrogen) atoms. The summed E-state index contributed by atoms with van der Waals surface area (Å²) < 4.78 is 5.13. The third-order valence-electron chi connectivity index (χ3n) is 5.29. The molecular weight excluding hydrogens is 480 g/mol. The van der Waals surface area contributed by atoms with E-state index in [1.54, 1.807) is 23.9 Å². The lowest BCUT2D eigenvalue weighted by Gasteiger charge is -2.06. The van der Waals surface area contributed by atoms with Gasteiger partial charge in [0.1, 0.15) is 17.1 Å². The Balaban J connectivity index is 1.91. The number of ether oxygens (including phenoxy) is 1. The van der Waals surface area contributed by atoms with Crippen LogP contribution >= 0.6 is 11.8 Å². The number of phenols is 1. The zero-order valence-corrected chi connectivity index (χ0v) is 23.2. The normalized spacial score (nSPS) is 12.1. The summed E-state index contributed by atoms with van der Waals surface area (Å²) in [5.74, 6) is 1.02. The third-order valence-corrected chi connectivity index (χ3v) is 6.39. The van der Waals surface area contributed by atoms with E-state index in [1.165, 1.54) is 12.1 Å². The van der Waals surface area contributed by atoms with Gasteiger partial charge in [-0.1, -0.05) is 79.8 Å². The number of rotatable bonds is 21. The maximum absolute atomic E-state index is 12.0. The lowest BCUT2D eigenvalue weighted by Crippen LogP contribution is -2.09. The van der Waals surface area contributed by atoms with Crippen molar-refractivity contribution < 1.29 is 19.4 Å². The standard InChI is InChI=1S/C32H44O4S/c1-2-3-4-5-6-7-8-9-10-11-12-13-14-15-16-17-18-21-27-37-28-29(33)23-22-26-36-32(35)30-24-19-20-25-31(30)34/h3-4,6-7,9-10,12-13,15-16,19-20,24-25,34H,2,5,8,11,14,17-18,21-23,26-28H2,1H3/b4-3-,7-6-,10-9-,13-12-,16-15-. The zero-order chi connectivity index (χ0) is 26.8. The molecule has 0 aliphatic rings. The van der Waals surface area contributed by atoms with Gasteiger partial charge in [-0.2, -0.15) is 11.8 Å². The van der Waals surface area contributed by atoms with E-state index in [4.69, 9.17) is 4.74 Å². The molecular formula is C32H44O4S. The minimum absolute atomic E-state index is 0.0960. The predicted molar refractivity (Wildman–Crippen MR) is 158 cm³/mol. The van der Waals surface area contributed by atoms with Crippen LogP contribution in [0.15, 0.2) is 85.0 Å². The number of Topliss-reactive ketones (excluding diaryl/α,β-unsaturated/α-hetero) is 1. The Kier molecular flexibility index (Phi) is 20.6. The smallest absolute Gasteiger partial charge is 0.341 e. The van der Waals surface area contributed by atoms with Crippen LogP contribution in [0.3, 0.4) is 0 Å². The second-order valence-corrected chi connectivity index (χ2v) is 9.66. The topological polar surface area (TPSA) is 63.6 Å². The second-order valence-electron chi connectivity index (χ2n) is 8.55. The Morgan fingerprint density at radius 3 is 2.03 bits per heavy atom. The molecule has 202 valence electrons. The number of allylic oxidation sites excluding steroid dienone is 10. The average molecular weight is 525 g/mol. The number of para-hydroxylation sites is 1. The van der Waals surface area contributed by atoms with Crippen molar-refractivity contribution in [1.29, 1.82) is 0 Å². The van der Waals surface area contributed by atoms with Crippen molar-refractivity contribution >= 4 is 23.5 Å². The highest BCUT2D eigenvalue weighted by atomic mass is 32.2. The van der Waals surface area contributed by atoms with E-state index in [9.17, 15) is 14.7 Å². The average Bonchev–Trinajstić information content (AvgIpc) is 2.90. The number of hydrogen-bond donors (Lipinski definition) is 1. The van der Waals surface area contributed by atoms with Gasteiger partial charge in [0.15, 0.2) is 0 Å². The van der Waals surface area contributed by atoms with Crippen molar-refractivity contribution in [2.75, 3.05) is 18.1 Å². The largest absolute Gasteiger partial charge is 0.507 e. The molecule has 1 aromatic rings. The van der Waals surface area contributed by atoms with Crippen LogP contribution in [-0.2, 0) is 9.53 Å². The number of hydrogen-bond acceptors (Lipinski definition) is 5. The van der Waals surface area contributed by atoms with Gasteiger partial charge in [0, 0.05) is 6.42 Å². The number of unbranched alkanes of at least 4 members (excludes halogenated alkanes) is 2. The van der Waals surface area contributed by atoms with Gasteiger partial charge in [-0.05, 0) is 75.7 Å². The van der Waals surface area contributed by atoms with Crippen molar-refractivity contribution in [2.45, 2.75) is 71.1 Å². The van der Waals surface area contributed by atoms with Gasteiger partial charge in [-0.15, -0.1) is 0 Å². The molecule has 0 aliphatic carbocycles. The van der Waals surface area contributed by atoms with Gasteiger partial charge < -0.3 is 9.84 Å². The first kappa shape index (κ1) is 32.2. The van der Waals surface area contributed by atoms with E-state index in [0.29, 0.717) is 18.6 Å². The monoisotopic (exact) mass is 524 g/mol. The van der Waals surface area contributed by atoms with Gasteiger partial charge in [0.2, 0.25) is 0 Å². The molecule has 0 unspecified atom stereocenters. The van der Waals surface area contributed by atoms with Crippen molar-refractivity contribution in [3.05, 3.63) is 90.6 Å². The highest BCUT2D eigenvalue weighted by molar-refractivity contribution is 7.99. The number of ketones is 1.